The number of carbonyl (C=O) groups is 1. The van der Waals surface area contributed by atoms with E-state index in [4.69, 9.17) is 4.74 Å². The highest BCUT2D eigenvalue weighted by molar-refractivity contribution is 5.86. The normalized spacial score (nSPS) is 17.9. The van der Waals surface area contributed by atoms with Gasteiger partial charge in [0, 0.05) is 32.4 Å². The highest BCUT2D eigenvalue weighted by atomic mass is 35.5. The molecule has 142 valence electrons. The molecule has 1 amide bonds. The Morgan fingerprint density at radius 2 is 2.00 bits per heavy atom. The molecular formula is C18H29Cl2N3O2. The number of hydrogen-bond acceptors (Lipinski definition) is 4. The number of halogens is 2. The van der Waals surface area contributed by atoms with E-state index in [1.807, 2.05) is 0 Å². The van der Waals surface area contributed by atoms with Crippen LogP contribution < -0.4 is 15.5 Å². The molecule has 2 aliphatic rings. The maximum absolute atomic E-state index is 12.5. The van der Waals surface area contributed by atoms with Gasteiger partial charge < -0.3 is 20.3 Å². The molecule has 1 aromatic rings. The van der Waals surface area contributed by atoms with E-state index in [0.29, 0.717) is 6.54 Å². The SMILES string of the molecule is COC1(C(=O)NCCCN2CCc3ccccc32)CCNCC1.Cl.Cl. The van der Waals surface area contributed by atoms with Gasteiger partial charge in [-0.05, 0) is 50.4 Å². The third kappa shape index (κ3) is 5.00. The lowest BCUT2D eigenvalue weighted by Crippen LogP contribution is -2.54. The van der Waals surface area contributed by atoms with Crippen molar-refractivity contribution in [3.63, 3.8) is 0 Å². The van der Waals surface area contributed by atoms with E-state index in [1.54, 1.807) is 7.11 Å². The summed E-state index contributed by atoms with van der Waals surface area (Å²) in [5.41, 5.74) is 2.15. The zero-order valence-electron chi connectivity index (χ0n) is 14.8. The summed E-state index contributed by atoms with van der Waals surface area (Å²) in [6, 6.07) is 8.59. The number of ether oxygens (including phenoxy) is 1. The zero-order chi connectivity index (χ0) is 16.1. The van der Waals surface area contributed by atoms with Gasteiger partial charge in [-0.1, -0.05) is 18.2 Å². The largest absolute Gasteiger partial charge is 0.371 e. The molecule has 1 fully saturated rings. The highest BCUT2D eigenvalue weighted by Crippen LogP contribution is 2.27. The van der Waals surface area contributed by atoms with Crippen LogP contribution in [0.5, 0.6) is 0 Å². The van der Waals surface area contributed by atoms with Gasteiger partial charge in [-0.15, -0.1) is 24.8 Å². The smallest absolute Gasteiger partial charge is 0.252 e. The van der Waals surface area contributed by atoms with Gasteiger partial charge in [0.1, 0.15) is 5.60 Å². The summed E-state index contributed by atoms with van der Waals surface area (Å²) in [6.07, 6.45) is 3.57. The Kier molecular flexibility index (Phi) is 9.00. The minimum atomic E-state index is -0.633. The van der Waals surface area contributed by atoms with Gasteiger partial charge in [-0.25, -0.2) is 0 Å². The summed E-state index contributed by atoms with van der Waals surface area (Å²) in [5.74, 6) is 0.0447. The van der Waals surface area contributed by atoms with E-state index < -0.39 is 5.60 Å². The lowest BCUT2D eigenvalue weighted by Gasteiger charge is -2.34. The Balaban J connectivity index is 0.00000156. The number of hydrogen-bond donors (Lipinski definition) is 2. The second kappa shape index (κ2) is 10.2. The molecule has 2 aliphatic heterocycles. The first-order chi connectivity index (χ1) is 11.2. The number of rotatable bonds is 6. The number of para-hydroxylation sites is 1. The predicted octanol–water partition coefficient (Wildman–Crippen LogP) is 2.17. The molecule has 0 radical (unpaired) electrons. The number of methoxy groups -OCH3 is 1. The van der Waals surface area contributed by atoms with E-state index in [1.165, 1.54) is 11.3 Å². The number of nitrogens with one attached hydrogen (secondary N) is 2. The Labute approximate surface area is 162 Å². The van der Waals surface area contributed by atoms with Crippen LogP contribution in [0.15, 0.2) is 24.3 Å². The monoisotopic (exact) mass is 389 g/mol. The van der Waals surface area contributed by atoms with Crippen LogP contribution in [0.4, 0.5) is 5.69 Å². The van der Waals surface area contributed by atoms with Crippen molar-refractivity contribution < 1.29 is 9.53 Å². The summed E-state index contributed by atoms with van der Waals surface area (Å²) in [4.78, 5) is 14.9. The maximum atomic E-state index is 12.5. The van der Waals surface area contributed by atoms with Crippen LogP contribution in [0.1, 0.15) is 24.8 Å². The third-order valence-electron chi connectivity index (χ3n) is 5.09. The molecule has 0 aromatic heterocycles. The van der Waals surface area contributed by atoms with Gasteiger partial charge in [-0.3, -0.25) is 4.79 Å². The molecule has 25 heavy (non-hydrogen) atoms. The second-order valence-corrected chi connectivity index (χ2v) is 6.42. The summed E-state index contributed by atoms with van der Waals surface area (Å²) in [5, 5.41) is 6.35. The van der Waals surface area contributed by atoms with Crippen LogP contribution in [-0.4, -0.2) is 51.3 Å². The number of piperidine rings is 1. The molecule has 2 heterocycles. The molecule has 0 saturated carbocycles. The van der Waals surface area contributed by atoms with Crippen LogP contribution in [0, 0.1) is 0 Å². The maximum Gasteiger partial charge on any atom is 0.252 e. The van der Waals surface area contributed by atoms with Crippen molar-refractivity contribution in [2.75, 3.05) is 44.7 Å². The fourth-order valence-electron chi connectivity index (χ4n) is 3.63. The van der Waals surface area contributed by atoms with Crippen LogP contribution in [0.2, 0.25) is 0 Å². The van der Waals surface area contributed by atoms with E-state index in [-0.39, 0.29) is 30.7 Å². The first kappa shape index (κ1) is 22.0. The molecule has 5 nitrogen and oxygen atoms in total. The quantitative estimate of drug-likeness (QED) is 0.732. The van der Waals surface area contributed by atoms with E-state index in [9.17, 15) is 4.79 Å². The molecule has 0 atom stereocenters. The third-order valence-corrected chi connectivity index (χ3v) is 5.09. The van der Waals surface area contributed by atoms with Crippen molar-refractivity contribution in [2.24, 2.45) is 0 Å². The molecule has 0 bridgehead atoms. The molecule has 2 N–H and O–H groups in total. The number of carbonyl (C=O) groups excluding carboxylic acids is 1. The van der Waals surface area contributed by atoms with Crippen LogP contribution in [-0.2, 0) is 16.0 Å². The average molecular weight is 390 g/mol. The zero-order valence-corrected chi connectivity index (χ0v) is 16.4. The first-order valence-corrected chi connectivity index (χ1v) is 8.62. The Hall–Kier alpha value is -1.01. The molecule has 3 rings (SSSR count). The summed E-state index contributed by atoms with van der Waals surface area (Å²) >= 11 is 0. The van der Waals surface area contributed by atoms with Crippen LogP contribution in [0.25, 0.3) is 0 Å². The number of amides is 1. The van der Waals surface area contributed by atoms with E-state index >= 15 is 0 Å². The average Bonchev–Trinajstić information content (AvgIpc) is 3.02. The fraction of sp³-hybridized carbons (Fsp3) is 0.611. The molecule has 0 unspecified atom stereocenters. The van der Waals surface area contributed by atoms with Crippen molar-refractivity contribution in [1.82, 2.24) is 10.6 Å². The number of anilines is 1. The van der Waals surface area contributed by atoms with E-state index in [2.05, 4.69) is 39.8 Å². The lowest BCUT2D eigenvalue weighted by atomic mass is 9.91. The number of fused-ring (bicyclic) bond motifs is 1. The molecule has 0 aliphatic carbocycles. The second-order valence-electron chi connectivity index (χ2n) is 6.42. The topological polar surface area (TPSA) is 53.6 Å². The van der Waals surface area contributed by atoms with Crippen LogP contribution in [0.3, 0.4) is 0 Å². The Morgan fingerprint density at radius 1 is 1.28 bits per heavy atom. The Morgan fingerprint density at radius 3 is 2.72 bits per heavy atom. The highest BCUT2D eigenvalue weighted by Gasteiger charge is 2.39. The molecule has 0 spiro atoms. The van der Waals surface area contributed by atoms with Gasteiger partial charge >= 0.3 is 0 Å². The van der Waals surface area contributed by atoms with Gasteiger partial charge in [0.25, 0.3) is 5.91 Å². The van der Waals surface area contributed by atoms with Crippen LogP contribution >= 0.6 is 24.8 Å². The predicted molar refractivity (Wildman–Crippen MR) is 106 cm³/mol. The van der Waals surface area contributed by atoms with Gasteiger partial charge in [-0.2, -0.15) is 0 Å². The van der Waals surface area contributed by atoms with Crippen molar-refractivity contribution in [3.05, 3.63) is 29.8 Å². The van der Waals surface area contributed by atoms with Gasteiger partial charge in [0.15, 0.2) is 0 Å². The Bertz CT molecular complexity index is 551. The summed E-state index contributed by atoms with van der Waals surface area (Å²) in [6.45, 7) is 4.45. The van der Waals surface area contributed by atoms with Crippen molar-refractivity contribution in [1.29, 1.82) is 0 Å². The summed E-state index contributed by atoms with van der Waals surface area (Å²) < 4.78 is 5.56. The minimum Gasteiger partial charge on any atom is -0.371 e. The van der Waals surface area contributed by atoms with Crippen molar-refractivity contribution in [2.45, 2.75) is 31.3 Å². The first-order valence-electron chi connectivity index (χ1n) is 8.62. The molecule has 1 saturated heterocycles. The van der Waals surface area contributed by atoms with Crippen molar-refractivity contribution in [3.8, 4) is 0 Å². The molecular weight excluding hydrogens is 361 g/mol. The minimum absolute atomic E-state index is 0. The van der Waals surface area contributed by atoms with E-state index in [0.717, 1.165) is 51.9 Å². The lowest BCUT2D eigenvalue weighted by molar-refractivity contribution is -0.146. The standard InChI is InChI=1S/C18H27N3O2.2ClH/c1-23-18(8-11-19-12-9-18)17(22)20-10-4-13-21-14-7-15-5-2-3-6-16(15)21;;/h2-3,5-6,19H,4,7-14H2,1H3,(H,20,22);2*1H. The van der Waals surface area contributed by atoms with Crippen molar-refractivity contribution >= 4 is 36.4 Å². The summed E-state index contributed by atoms with van der Waals surface area (Å²) in [7, 11) is 1.64. The van der Waals surface area contributed by atoms with Gasteiger partial charge in [0.05, 0.1) is 0 Å². The molecule has 7 heteroatoms. The number of benzene rings is 1. The van der Waals surface area contributed by atoms with Gasteiger partial charge in [0.2, 0.25) is 0 Å². The number of nitrogens with zero attached hydrogens (tertiary/aromatic N) is 1. The fourth-order valence-corrected chi connectivity index (χ4v) is 3.63. The molecule has 1 aromatic carbocycles.